The van der Waals surface area contributed by atoms with Gasteiger partial charge in [0.05, 0.1) is 0 Å². The van der Waals surface area contributed by atoms with Crippen LogP contribution in [-0.4, -0.2) is 37.5 Å². The first-order chi connectivity index (χ1) is 5.61. The number of hydrogen-bond donors (Lipinski definition) is 4. The Kier molecular flexibility index (Phi) is 4.83. The van der Waals surface area contributed by atoms with Crippen LogP contribution in [0.3, 0.4) is 0 Å². The van der Waals surface area contributed by atoms with Crippen molar-refractivity contribution in [2.75, 3.05) is 20.6 Å². The fourth-order valence-electron chi connectivity index (χ4n) is 0.724. The topological polar surface area (TPSA) is 75.0 Å². The molecule has 0 aromatic heterocycles. The summed E-state index contributed by atoms with van der Waals surface area (Å²) >= 11 is 0. The lowest BCUT2D eigenvalue weighted by Crippen LogP contribution is -2.45. The van der Waals surface area contributed by atoms with Gasteiger partial charge in [0.25, 0.3) is 0 Å². The van der Waals surface area contributed by atoms with E-state index in [2.05, 4.69) is 10.6 Å². The predicted molar refractivity (Wildman–Crippen MR) is 50.6 cm³/mol. The van der Waals surface area contributed by atoms with Crippen LogP contribution >= 0.6 is 0 Å². The molecule has 5 heteroatoms. The Morgan fingerprint density at radius 2 is 2.00 bits per heavy atom. The lowest BCUT2D eigenvalue weighted by atomic mass is 10.4. The summed E-state index contributed by atoms with van der Waals surface area (Å²) in [5, 5.41) is 19.9. The van der Waals surface area contributed by atoms with Crippen molar-refractivity contribution >= 4 is 11.9 Å². The molecule has 0 heterocycles. The highest BCUT2D eigenvalue weighted by Crippen LogP contribution is 1.84. The lowest BCUT2D eigenvalue weighted by Gasteiger charge is -2.19. The van der Waals surface area contributed by atoms with Gasteiger partial charge in [-0.05, 0) is 6.42 Å². The third-order valence-corrected chi connectivity index (χ3v) is 1.43. The molecular weight excluding hydrogens is 154 g/mol. The summed E-state index contributed by atoms with van der Waals surface area (Å²) in [6.45, 7) is 2.87. The molecule has 0 rings (SSSR count). The number of hydrogen-bond acceptors (Lipinski definition) is 2. The molecule has 0 saturated heterocycles. The fourth-order valence-corrected chi connectivity index (χ4v) is 0.724. The second-order valence-electron chi connectivity index (χ2n) is 2.52. The summed E-state index contributed by atoms with van der Waals surface area (Å²) in [4.78, 5) is 1.76. The molecule has 0 bridgehead atoms. The van der Waals surface area contributed by atoms with E-state index in [0.29, 0.717) is 0 Å². The maximum absolute atomic E-state index is 7.47. The normalized spacial score (nSPS) is 8.92. The van der Waals surface area contributed by atoms with Crippen LogP contribution in [0.15, 0.2) is 0 Å². The van der Waals surface area contributed by atoms with E-state index in [1.54, 1.807) is 11.9 Å². The number of nitrogens with zero attached hydrogens (tertiary/aromatic N) is 1. The zero-order chi connectivity index (χ0) is 9.56. The maximum Gasteiger partial charge on any atom is 0.197 e. The van der Waals surface area contributed by atoms with Gasteiger partial charge in [0, 0.05) is 20.6 Å². The second-order valence-corrected chi connectivity index (χ2v) is 2.52. The highest BCUT2D eigenvalue weighted by Gasteiger charge is 2.03. The van der Waals surface area contributed by atoms with Crippen molar-refractivity contribution in [1.29, 1.82) is 10.8 Å². The summed E-state index contributed by atoms with van der Waals surface area (Å²) in [6.07, 6.45) is 0.993. The Morgan fingerprint density at radius 3 is 2.42 bits per heavy atom. The highest BCUT2D eigenvalue weighted by molar-refractivity contribution is 5.95. The first kappa shape index (κ1) is 10.7. The summed E-state index contributed by atoms with van der Waals surface area (Å²) in [5.41, 5.74) is 0. The Bertz CT molecular complexity index is 165. The van der Waals surface area contributed by atoms with E-state index in [1.165, 1.54) is 0 Å². The first-order valence-corrected chi connectivity index (χ1v) is 3.94. The Morgan fingerprint density at radius 1 is 1.42 bits per heavy atom. The van der Waals surface area contributed by atoms with Crippen molar-refractivity contribution in [2.45, 2.75) is 13.3 Å². The van der Waals surface area contributed by atoms with E-state index in [-0.39, 0.29) is 11.9 Å². The molecular formula is C7H17N5. The molecule has 0 aliphatic carbocycles. The molecule has 0 fully saturated rings. The van der Waals surface area contributed by atoms with Crippen molar-refractivity contribution in [3.05, 3.63) is 0 Å². The minimum Gasteiger partial charge on any atom is -0.359 e. The molecule has 0 saturated carbocycles. The lowest BCUT2D eigenvalue weighted by molar-refractivity contribution is 0.485. The molecule has 0 spiro atoms. The van der Waals surface area contributed by atoms with Gasteiger partial charge in [-0.3, -0.25) is 16.1 Å². The Hall–Kier alpha value is -1.26. The Labute approximate surface area is 73.2 Å². The SMILES string of the molecule is CCCN(C)C(=N)NC(=N)NC. The average Bonchev–Trinajstić information content (AvgIpc) is 2.04. The minimum atomic E-state index is 0.142. The number of guanidine groups is 2. The average molecular weight is 171 g/mol. The summed E-state index contributed by atoms with van der Waals surface area (Å²) < 4.78 is 0. The van der Waals surface area contributed by atoms with Crippen molar-refractivity contribution in [2.24, 2.45) is 0 Å². The summed E-state index contributed by atoms with van der Waals surface area (Å²) in [5.74, 6) is 0.388. The van der Waals surface area contributed by atoms with E-state index in [0.717, 1.165) is 13.0 Å². The van der Waals surface area contributed by atoms with E-state index < -0.39 is 0 Å². The molecule has 5 nitrogen and oxygen atoms in total. The molecule has 0 radical (unpaired) electrons. The number of nitrogens with one attached hydrogen (secondary N) is 4. The van der Waals surface area contributed by atoms with Gasteiger partial charge in [0.1, 0.15) is 0 Å². The van der Waals surface area contributed by atoms with E-state index in [4.69, 9.17) is 10.8 Å². The molecule has 12 heavy (non-hydrogen) atoms. The minimum absolute atomic E-state index is 0.142. The van der Waals surface area contributed by atoms with Gasteiger partial charge >= 0.3 is 0 Å². The van der Waals surface area contributed by atoms with Crippen LogP contribution in [0.1, 0.15) is 13.3 Å². The second kappa shape index (κ2) is 5.40. The molecule has 70 valence electrons. The zero-order valence-electron chi connectivity index (χ0n) is 7.86. The van der Waals surface area contributed by atoms with Crippen molar-refractivity contribution in [3.8, 4) is 0 Å². The van der Waals surface area contributed by atoms with Gasteiger partial charge in [-0.1, -0.05) is 6.92 Å². The van der Waals surface area contributed by atoms with Crippen LogP contribution < -0.4 is 10.6 Å². The largest absolute Gasteiger partial charge is 0.359 e. The summed E-state index contributed by atoms with van der Waals surface area (Å²) in [7, 11) is 3.46. The van der Waals surface area contributed by atoms with Crippen LogP contribution in [-0.2, 0) is 0 Å². The molecule has 0 aromatic rings. The predicted octanol–water partition coefficient (Wildman–Crippen LogP) is 0.00674. The first-order valence-electron chi connectivity index (χ1n) is 3.94. The van der Waals surface area contributed by atoms with Gasteiger partial charge in [-0.2, -0.15) is 0 Å². The van der Waals surface area contributed by atoms with Gasteiger partial charge in [0.2, 0.25) is 0 Å². The van der Waals surface area contributed by atoms with Crippen molar-refractivity contribution in [1.82, 2.24) is 15.5 Å². The van der Waals surface area contributed by atoms with Gasteiger partial charge < -0.3 is 10.2 Å². The van der Waals surface area contributed by atoms with E-state index in [1.807, 2.05) is 14.0 Å². The third-order valence-electron chi connectivity index (χ3n) is 1.43. The quantitative estimate of drug-likeness (QED) is 0.349. The van der Waals surface area contributed by atoms with Crippen LogP contribution in [0.2, 0.25) is 0 Å². The molecule has 0 amide bonds. The van der Waals surface area contributed by atoms with E-state index in [9.17, 15) is 0 Å². The number of rotatable bonds is 2. The zero-order valence-corrected chi connectivity index (χ0v) is 7.86. The maximum atomic E-state index is 7.47. The molecule has 4 N–H and O–H groups in total. The highest BCUT2D eigenvalue weighted by atomic mass is 15.3. The van der Waals surface area contributed by atoms with Gasteiger partial charge in [-0.15, -0.1) is 0 Å². The van der Waals surface area contributed by atoms with Crippen LogP contribution in [0.4, 0.5) is 0 Å². The molecule has 0 aliphatic rings. The van der Waals surface area contributed by atoms with E-state index >= 15 is 0 Å². The van der Waals surface area contributed by atoms with Crippen molar-refractivity contribution < 1.29 is 0 Å². The molecule has 0 unspecified atom stereocenters. The van der Waals surface area contributed by atoms with Gasteiger partial charge in [0.15, 0.2) is 11.9 Å². The van der Waals surface area contributed by atoms with Crippen LogP contribution in [0.5, 0.6) is 0 Å². The van der Waals surface area contributed by atoms with Crippen molar-refractivity contribution in [3.63, 3.8) is 0 Å². The summed E-state index contributed by atoms with van der Waals surface area (Å²) in [6, 6.07) is 0. The molecule has 0 aliphatic heterocycles. The standard InChI is InChI=1S/C7H17N5/c1-4-5-12(3)7(9)11-6(8)10-2/h4-5H2,1-3H3,(H4,8,9,10,11). The fraction of sp³-hybridized carbons (Fsp3) is 0.714. The van der Waals surface area contributed by atoms with Crippen LogP contribution in [0.25, 0.3) is 0 Å². The smallest absolute Gasteiger partial charge is 0.197 e. The van der Waals surface area contributed by atoms with Gasteiger partial charge in [-0.25, -0.2) is 0 Å². The Balaban J connectivity index is 3.78. The molecule has 0 aromatic carbocycles. The third kappa shape index (κ3) is 3.80. The molecule has 0 atom stereocenters. The van der Waals surface area contributed by atoms with Crippen LogP contribution in [0, 0.1) is 10.8 Å². The monoisotopic (exact) mass is 171 g/mol.